The molecule has 1 aromatic carbocycles. The van der Waals surface area contributed by atoms with Crippen LogP contribution in [0.3, 0.4) is 0 Å². The summed E-state index contributed by atoms with van der Waals surface area (Å²) in [5.41, 5.74) is 0.168. The zero-order valence-corrected chi connectivity index (χ0v) is 27.6. The second-order valence-corrected chi connectivity index (χ2v) is 13.8. The molecular weight excluding hydrogens is 631 g/mol. The number of alkyl halides is 3. The van der Waals surface area contributed by atoms with Crippen molar-refractivity contribution in [2.24, 2.45) is 13.0 Å². The number of aryl methyl sites for hydroxylation is 1. The molecule has 258 valence electrons. The lowest BCUT2D eigenvalue weighted by molar-refractivity contribution is -0.142. The maximum absolute atomic E-state index is 14.1. The molecule has 2 aromatic rings. The lowest BCUT2D eigenvalue weighted by Crippen LogP contribution is -2.48. The normalized spacial score (nSPS) is 21.3. The molecule has 4 atom stereocenters. The lowest BCUT2D eigenvalue weighted by Gasteiger charge is -2.35. The van der Waals surface area contributed by atoms with Crippen LogP contribution in [0.2, 0.25) is 0 Å². The zero-order chi connectivity index (χ0) is 34.2. The largest absolute Gasteiger partial charge is 0.490 e. The van der Waals surface area contributed by atoms with Crippen molar-refractivity contribution >= 4 is 27.5 Å². The monoisotopic (exact) mass is 675 g/mol. The summed E-state index contributed by atoms with van der Waals surface area (Å²) >= 11 is 0. The predicted molar refractivity (Wildman–Crippen MR) is 164 cm³/mol. The van der Waals surface area contributed by atoms with Gasteiger partial charge in [0.05, 0.1) is 43.2 Å². The van der Waals surface area contributed by atoms with Gasteiger partial charge in [-0.3, -0.25) is 9.59 Å². The minimum Gasteiger partial charge on any atom is -0.490 e. The first kappa shape index (κ1) is 37.2. The summed E-state index contributed by atoms with van der Waals surface area (Å²) < 4.78 is 79.4. The van der Waals surface area contributed by atoms with Gasteiger partial charge in [0.25, 0.3) is 15.9 Å². The number of hydrogen-bond donors (Lipinski definition) is 2. The molecule has 46 heavy (non-hydrogen) atoms. The number of benzene rings is 1. The number of likely N-dealkylation sites (N-methyl/N-ethyl adjacent to an activating group) is 1. The van der Waals surface area contributed by atoms with Gasteiger partial charge in [-0.15, -0.1) is 0 Å². The Kier molecular flexibility index (Phi) is 13.0. The molecule has 0 radical (unpaired) electrons. The summed E-state index contributed by atoms with van der Waals surface area (Å²) in [6, 6.07) is 3.61. The summed E-state index contributed by atoms with van der Waals surface area (Å²) in [6.07, 6.45) is -2.74. The Labute approximate surface area is 267 Å². The third-order valence-electron chi connectivity index (χ3n) is 7.76. The van der Waals surface area contributed by atoms with Gasteiger partial charge in [0.15, 0.2) is 5.03 Å². The number of nitrogens with one attached hydrogen (secondary N) is 1. The first-order valence-corrected chi connectivity index (χ1v) is 16.6. The number of aromatic nitrogens is 2. The van der Waals surface area contributed by atoms with Gasteiger partial charge in [0, 0.05) is 58.0 Å². The van der Waals surface area contributed by atoms with Gasteiger partial charge in [-0.05, 0) is 51.3 Å². The molecular formula is C30H44F3N5O7S. The van der Waals surface area contributed by atoms with Gasteiger partial charge in [-0.1, -0.05) is 6.92 Å². The molecule has 1 aliphatic rings. The molecule has 0 fully saturated rings. The number of aliphatic hydroxyl groups is 1. The summed E-state index contributed by atoms with van der Waals surface area (Å²) in [6.45, 7) is 5.28. The van der Waals surface area contributed by atoms with Crippen LogP contribution in [-0.2, 0) is 26.6 Å². The Morgan fingerprint density at radius 2 is 1.98 bits per heavy atom. The van der Waals surface area contributed by atoms with Crippen molar-refractivity contribution in [3.63, 3.8) is 0 Å². The number of nitrogens with zero attached hydrogens (tertiary/aromatic N) is 4. The van der Waals surface area contributed by atoms with Crippen molar-refractivity contribution in [1.82, 2.24) is 18.8 Å². The van der Waals surface area contributed by atoms with E-state index in [1.54, 1.807) is 14.0 Å². The molecule has 16 heteroatoms. The highest BCUT2D eigenvalue weighted by molar-refractivity contribution is 7.89. The number of hydrogen-bond acceptors (Lipinski definition) is 8. The van der Waals surface area contributed by atoms with Crippen LogP contribution in [0.4, 0.5) is 18.9 Å². The van der Waals surface area contributed by atoms with Crippen LogP contribution in [-0.4, -0.2) is 102 Å². The molecule has 2 heterocycles. The fraction of sp³-hybridized carbons (Fsp3) is 0.633. The average Bonchev–Trinajstić information content (AvgIpc) is 3.44. The summed E-state index contributed by atoms with van der Waals surface area (Å²) in [5, 5.41) is 12.4. The standard InChI is InChI=1S/C30H44F3N5O7S/c1-20-15-38(21(2)18-39)29(41)24-14-23(35-27(40)11-12-30(31,32)33)9-10-25(24)45-22(3)8-6-7-13-44-26(20)16-37(5)46(42,43)28-17-36(4)19-34-28/h9-10,14,17,19-22,26,39H,6-8,11-13,15-16,18H2,1-5H3,(H,35,40)/t20-,21+,22+,26+/m0/s1. The van der Waals surface area contributed by atoms with Crippen molar-refractivity contribution in [3.05, 3.63) is 36.3 Å². The van der Waals surface area contributed by atoms with Crippen molar-refractivity contribution in [2.75, 3.05) is 38.7 Å². The van der Waals surface area contributed by atoms with E-state index in [2.05, 4.69) is 10.3 Å². The minimum absolute atomic E-state index is 0.0280. The summed E-state index contributed by atoms with van der Waals surface area (Å²) in [7, 11) is -0.835. The zero-order valence-electron chi connectivity index (χ0n) is 26.8. The summed E-state index contributed by atoms with van der Waals surface area (Å²) in [4.78, 5) is 31.8. The fourth-order valence-electron chi connectivity index (χ4n) is 4.97. The highest BCUT2D eigenvalue weighted by atomic mass is 32.2. The maximum Gasteiger partial charge on any atom is 0.389 e. The van der Waals surface area contributed by atoms with Crippen molar-refractivity contribution in [3.8, 4) is 5.75 Å². The van der Waals surface area contributed by atoms with Gasteiger partial charge in [-0.2, -0.15) is 17.5 Å². The third kappa shape index (κ3) is 10.4. The molecule has 12 nitrogen and oxygen atoms in total. The van der Waals surface area contributed by atoms with E-state index >= 15 is 0 Å². The number of sulfonamides is 1. The molecule has 0 bridgehead atoms. The maximum atomic E-state index is 14.1. The molecule has 0 aliphatic carbocycles. The molecule has 2 amide bonds. The molecule has 0 saturated carbocycles. The van der Waals surface area contributed by atoms with Crippen molar-refractivity contribution in [1.29, 1.82) is 0 Å². The highest BCUT2D eigenvalue weighted by Crippen LogP contribution is 2.29. The number of carbonyl (C=O) groups is 2. The number of rotatable bonds is 9. The molecule has 1 aliphatic heterocycles. The fourth-order valence-corrected chi connectivity index (χ4v) is 6.12. The molecule has 2 N–H and O–H groups in total. The van der Waals surface area contributed by atoms with Gasteiger partial charge >= 0.3 is 6.18 Å². The number of carbonyl (C=O) groups excluding carboxylic acids is 2. The summed E-state index contributed by atoms with van der Waals surface area (Å²) in [5.74, 6) is -1.61. The van der Waals surface area contributed by atoms with Gasteiger partial charge in [0.2, 0.25) is 5.91 Å². The van der Waals surface area contributed by atoms with E-state index in [1.165, 1.54) is 51.5 Å². The van der Waals surface area contributed by atoms with E-state index in [0.29, 0.717) is 25.9 Å². The number of halogens is 3. The van der Waals surface area contributed by atoms with E-state index in [0.717, 1.165) is 0 Å². The van der Waals surface area contributed by atoms with Crippen LogP contribution in [0.25, 0.3) is 0 Å². The van der Waals surface area contributed by atoms with Crippen LogP contribution < -0.4 is 10.1 Å². The molecule has 0 spiro atoms. The smallest absolute Gasteiger partial charge is 0.389 e. The topological polar surface area (TPSA) is 143 Å². The number of anilines is 1. The number of ether oxygens (including phenoxy) is 2. The van der Waals surface area contributed by atoms with Gasteiger partial charge in [-0.25, -0.2) is 13.4 Å². The van der Waals surface area contributed by atoms with Crippen LogP contribution in [0.1, 0.15) is 63.2 Å². The number of fused-ring (bicyclic) bond motifs is 1. The lowest BCUT2D eigenvalue weighted by atomic mass is 10.0. The van der Waals surface area contributed by atoms with Crippen molar-refractivity contribution < 1.29 is 45.8 Å². The Balaban J connectivity index is 1.94. The van der Waals surface area contributed by atoms with Crippen molar-refractivity contribution in [2.45, 2.75) is 82.3 Å². The molecule has 0 saturated heterocycles. The molecule has 0 unspecified atom stereocenters. The predicted octanol–water partition coefficient (Wildman–Crippen LogP) is 3.82. The van der Waals surface area contributed by atoms with E-state index in [9.17, 15) is 36.3 Å². The van der Waals surface area contributed by atoms with Gasteiger partial charge < -0.3 is 29.4 Å². The first-order valence-electron chi connectivity index (χ1n) is 15.2. The number of imidazole rings is 1. The average molecular weight is 676 g/mol. The Morgan fingerprint density at radius 3 is 2.61 bits per heavy atom. The molecule has 3 rings (SSSR count). The van der Waals surface area contributed by atoms with E-state index < -0.39 is 65.5 Å². The van der Waals surface area contributed by atoms with Crippen LogP contribution >= 0.6 is 0 Å². The van der Waals surface area contributed by atoms with Gasteiger partial charge in [0.1, 0.15) is 5.75 Å². The SMILES string of the molecule is C[C@@H]1CCCCO[C@H](CN(C)S(=O)(=O)c2cn(C)cn2)[C@@H](C)CN([C@H](C)CO)C(=O)c2cc(NC(=O)CCC(F)(F)F)ccc2O1. The van der Waals surface area contributed by atoms with E-state index in [4.69, 9.17) is 9.47 Å². The third-order valence-corrected chi connectivity index (χ3v) is 9.47. The Bertz CT molecular complexity index is 1440. The second kappa shape index (κ2) is 16.1. The highest BCUT2D eigenvalue weighted by Gasteiger charge is 2.33. The first-order chi connectivity index (χ1) is 21.5. The van der Waals surface area contributed by atoms with Crippen LogP contribution in [0.15, 0.2) is 35.7 Å². The Morgan fingerprint density at radius 1 is 1.26 bits per heavy atom. The Hall–Kier alpha value is -3.21. The number of amides is 2. The van der Waals surface area contributed by atoms with E-state index in [1.807, 2.05) is 13.8 Å². The quantitative estimate of drug-likeness (QED) is 0.409. The van der Waals surface area contributed by atoms with Crippen LogP contribution in [0.5, 0.6) is 5.75 Å². The van der Waals surface area contributed by atoms with E-state index in [-0.39, 0.29) is 41.2 Å². The molecule has 1 aromatic heterocycles. The number of aliphatic hydroxyl groups excluding tert-OH is 1. The second-order valence-electron chi connectivity index (χ2n) is 11.8. The minimum atomic E-state index is -4.49. The van der Waals surface area contributed by atoms with Crippen LogP contribution in [0, 0.1) is 5.92 Å².